The second kappa shape index (κ2) is 9.21. The summed E-state index contributed by atoms with van der Waals surface area (Å²) in [7, 11) is 3.30. The van der Waals surface area contributed by atoms with Crippen molar-refractivity contribution >= 4 is 41.5 Å². The fourth-order valence-electron chi connectivity index (χ4n) is 2.92. The van der Waals surface area contributed by atoms with Gasteiger partial charge in [0.15, 0.2) is 5.69 Å². The van der Waals surface area contributed by atoms with Crippen LogP contribution in [0.3, 0.4) is 0 Å². The van der Waals surface area contributed by atoms with Crippen LogP contribution in [0, 0.1) is 0 Å². The molecule has 27 heavy (non-hydrogen) atoms. The molecule has 2 N–H and O–H groups in total. The van der Waals surface area contributed by atoms with Crippen LogP contribution in [-0.4, -0.2) is 53.7 Å². The Bertz CT molecular complexity index is 816. The Morgan fingerprint density at radius 2 is 2.11 bits per heavy atom. The van der Waals surface area contributed by atoms with Crippen LogP contribution in [0.5, 0.6) is 0 Å². The molecule has 1 aliphatic heterocycles. The lowest BCUT2D eigenvalue weighted by molar-refractivity contribution is 0.0827. The Morgan fingerprint density at radius 3 is 2.78 bits per heavy atom. The van der Waals surface area contributed by atoms with Crippen molar-refractivity contribution in [3.63, 3.8) is 0 Å². The van der Waals surface area contributed by atoms with Gasteiger partial charge >= 0.3 is 0 Å². The van der Waals surface area contributed by atoms with Gasteiger partial charge in [-0.05, 0) is 43.7 Å². The van der Waals surface area contributed by atoms with Gasteiger partial charge in [-0.2, -0.15) is 5.10 Å². The SMILES string of the molecule is CN(C)C(=O)c1cc(NC(=O)c2ccn(C3CCCNC3)n2)ccc1Cl.Cl. The van der Waals surface area contributed by atoms with Gasteiger partial charge in [0.05, 0.1) is 16.6 Å². The maximum absolute atomic E-state index is 12.5. The molecule has 1 fully saturated rings. The Morgan fingerprint density at radius 1 is 1.33 bits per heavy atom. The van der Waals surface area contributed by atoms with Gasteiger partial charge < -0.3 is 15.5 Å². The number of halogens is 2. The van der Waals surface area contributed by atoms with E-state index in [-0.39, 0.29) is 30.3 Å². The molecular formula is C18H23Cl2N5O2. The number of carbonyl (C=O) groups excluding carboxylic acids is 2. The number of nitrogens with one attached hydrogen (secondary N) is 2. The van der Waals surface area contributed by atoms with Crippen LogP contribution < -0.4 is 10.6 Å². The highest BCUT2D eigenvalue weighted by molar-refractivity contribution is 6.34. The number of nitrogens with zero attached hydrogens (tertiary/aromatic N) is 3. The molecule has 0 radical (unpaired) electrons. The molecular weight excluding hydrogens is 389 g/mol. The topological polar surface area (TPSA) is 79.3 Å². The molecule has 3 rings (SSSR count). The summed E-state index contributed by atoms with van der Waals surface area (Å²) in [6.45, 7) is 1.88. The van der Waals surface area contributed by atoms with Crippen LogP contribution in [0.25, 0.3) is 0 Å². The molecule has 0 saturated carbocycles. The third-order valence-electron chi connectivity index (χ3n) is 4.35. The van der Waals surface area contributed by atoms with E-state index in [2.05, 4.69) is 15.7 Å². The molecule has 0 bridgehead atoms. The van der Waals surface area contributed by atoms with Gasteiger partial charge in [0, 0.05) is 32.5 Å². The van der Waals surface area contributed by atoms with Crippen molar-refractivity contribution in [3.05, 3.63) is 46.7 Å². The molecule has 2 amide bonds. The highest BCUT2D eigenvalue weighted by Crippen LogP contribution is 2.22. The van der Waals surface area contributed by atoms with E-state index >= 15 is 0 Å². The molecule has 9 heteroatoms. The lowest BCUT2D eigenvalue weighted by Gasteiger charge is -2.22. The first-order valence-corrected chi connectivity index (χ1v) is 8.92. The van der Waals surface area contributed by atoms with Crippen molar-refractivity contribution < 1.29 is 9.59 Å². The molecule has 7 nitrogen and oxygen atoms in total. The van der Waals surface area contributed by atoms with Gasteiger partial charge in [-0.25, -0.2) is 0 Å². The number of benzene rings is 1. The summed E-state index contributed by atoms with van der Waals surface area (Å²) in [5, 5.41) is 10.8. The Balaban J connectivity index is 0.00000261. The van der Waals surface area contributed by atoms with E-state index in [1.165, 1.54) is 4.90 Å². The monoisotopic (exact) mass is 411 g/mol. The van der Waals surface area contributed by atoms with E-state index in [4.69, 9.17) is 11.6 Å². The summed E-state index contributed by atoms with van der Waals surface area (Å²) in [6.07, 6.45) is 3.97. The third kappa shape index (κ3) is 5.00. The van der Waals surface area contributed by atoms with E-state index < -0.39 is 0 Å². The molecule has 1 saturated heterocycles. The molecule has 0 spiro atoms. The van der Waals surface area contributed by atoms with Crippen LogP contribution in [0.15, 0.2) is 30.5 Å². The van der Waals surface area contributed by atoms with Gasteiger partial charge in [-0.1, -0.05) is 11.6 Å². The maximum atomic E-state index is 12.5. The number of amides is 2. The summed E-state index contributed by atoms with van der Waals surface area (Å²) in [5.41, 5.74) is 1.18. The van der Waals surface area contributed by atoms with E-state index in [0.29, 0.717) is 22.0 Å². The summed E-state index contributed by atoms with van der Waals surface area (Å²) >= 11 is 6.10. The normalized spacial score (nSPS) is 16.3. The quantitative estimate of drug-likeness (QED) is 0.810. The summed E-state index contributed by atoms with van der Waals surface area (Å²) in [5.74, 6) is -0.543. The van der Waals surface area contributed by atoms with Crippen molar-refractivity contribution in [3.8, 4) is 0 Å². The van der Waals surface area contributed by atoms with Crippen molar-refractivity contribution in [1.29, 1.82) is 0 Å². The minimum atomic E-state index is -0.321. The standard InChI is InChI=1S/C18H22ClN5O2.ClH/c1-23(2)18(26)14-10-12(5-6-15(14)19)21-17(25)16-7-9-24(22-16)13-4-3-8-20-11-13;/h5-7,9-10,13,20H,3-4,8,11H2,1-2H3,(H,21,25);1H. The van der Waals surface area contributed by atoms with Gasteiger partial charge in [0.1, 0.15) is 0 Å². The Hall–Kier alpha value is -2.09. The number of anilines is 1. The number of hydrogen-bond donors (Lipinski definition) is 2. The van der Waals surface area contributed by atoms with Crippen molar-refractivity contribution in [1.82, 2.24) is 20.0 Å². The summed E-state index contributed by atoms with van der Waals surface area (Å²) in [6, 6.07) is 6.80. The maximum Gasteiger partial charge on any atom is 0.276 e. The summed E-state index contributed by atoms with van der Waals surface area (Å²) in [4.78, 5) is 26.1. The number of aromatic nitrogens is 2. The zero-order valence-corrected chi connectivity index (χ0v) is 16.8. The fraction of sp³-hybridized carbons (Fsp3) is 0.389. The average molecular weight is 412 g/mol. The van der Waals surface area contributed by atoms with Crippen LogP contribution in [-0.2, 0) is 0 Å². The first-order chi connectivity index (χ1) is 12.5. The van der Waals surface area contributed by atoms with Crippen molar-refractivity contribution in [2.24, 2.45) is 0 Å². The van der Waals surface area contributed by atoms with Crippen LogP contribution in [0.4, 0.5) is 5.69 Å². The van der Waals surface area contributed by atoms with E-state index in [1.54, 1.807) is 38.4 Å². The fourth-order valence-corrected chi connectivity index (χ4v) is 3.12. The molecule has 146 valence electrons. The number of rotatable bonds is 4. The largest absolute Gasteiger partial charge is 0.345 e. The molecule has 1 unspecified atom stereocenters. The number of hydrogen-bond acceptors (Lipinski definition) is 4. The van der Waals surface area contributed by atoms with Crippen LogP contribution in [0.1, 0.15) is 39.7 Å². The zero-order valence-electron chi connectivity index (χ0n) is 15.2. The molecule has 1 aliphatic rings. The highest BCUT2D eigenvalue weighted by Gasteiger charge is 2.19. The Kier molecular flexibility index (Phi) is 7.24. The van der Waals surface area contributed by atoms with E-state index in [0.717, 1.165) is 25.9 Å². The Labute approximate surface area is 169 Å². The van der Waals surface area contributed by atoms with Gasteiger partial charge in [0.25, 0.3) is 11.8 Å². The molecule has 2 aromatic rings. The molecule has 1 atom stereocenters. The van der Waals surface area contributed by atoms with Crippen LogP contribution in [0.2, 0.25) is 5.02 Å². The minimum absolute atomic E-state index is 0. The minimum Gasteiger partial charge on any atom is -0.345 e. The van der Waals surface area contributed by atoms with Crippen molar-refractivity contribution in [2.45, 2.75) is 18.9 Å². The first kappa shape index (κ1) is 21.2. The average Bonchev–Trinajstić information content (AvgIpc) is 3.13. The molecule has 2 heterocycles. The summed E-state index contributed by atoms with van der Waals surface area (Å²) < 4.78 is 1.84. The number of piperidine rings is 1. The van der Waals surface area contributed by atoms with Gasteiger partial charge in [0.2, 0.25) is 0 Å². The van der Waals surface area contributed by atoms with Crippen molar-refractivity contribution in [2.75, 3.05) is 32.5 Å². The van der Waals surface area contributed by atoms with Gasteiger partial charge in [-0.15, -0.1) is 12.4 Å². The second-order valence-corrected chi connectivity index (χ2v) is 6.94. The molecule has 0 aliphatic carbocycles. The predicted molar refractivity (Wildman–Crippen MR) is 108 cm³/mol. The van der Waals surface area contributed by atoms with Crippen LogP contribution >= 0.6 is 24.0 Å². The van der Waals surface area contributed by atoms with Gasteiger partial charge in [-0.3, -0.25) is 14.3 Å². The smallest absolute Gasteiger partial charge is 0.276 e. The zero-order chi connectivity index (χ0) is 18.7. The number of carbonyl (C=O) groups is 2. The third-order valence-corrected chi connectivity index (χ3v) is 4.68. The highest BCUT2D eigenvalue weighted by atomic mass is 35.5. The molecule has 1 aromatic carbocycles. The second-order valence-electron chi connectivity index (χ2n) is 6.53. The molecule has 1 aromatic heterocycles. The first-order valence-electron chi connectivity index (χ1n) is 8.54. The van der Waals surface area contributed by atoms with E-state index in [1.807, 2.05) is 10.9 Å². The van der Waals surface area contributed by atoms with E-state index in [9.17, 15) is 9.59 Å². The predicted octanol–water partition coefficient (Wildman–Crippen LogP) is 2.84. The lowest BCUT2D eigenvalue weighted by Crippen LogP contribution is -2.32. The lowest BCUT2D eigenvalue weighted by atomic mass is 10.1.